The van der Waals surface area contributed by atoms with Crippen LogP contribution < -0.4 is 54.8 Å². The van der Waals surface area contributed by atoms with Crippen LogP contribution in [0.15, 0.2) is 96.4 Å². The van der Waals surface area contributed by atoms with E-state index in [1.54, 1.807) is 44.2 Å². The van der Waals surface area contributed by atoms with Crippen LogP contribution in [0.25, 0.3) is 0 Å². The number of amides is 8. The third-order valence-corrected chi connectivity index (χ3v) is 12.9. The highest BCUT2D eigenvalue weighted by Crippen LogP contribution is 2.21. The quantitative estimate of drug-likeness (QED) is 0.0159. The first kappa shape index (κ1) is 60.8. The number of nitrogens with zero attached hydrogens (tertiary/aromatic N) is 3. The highest BCUT2D eigenvalue weighted by molar-refractivity contribution is 5.98. The largest absolute Gasteiger partial charge is 0.508 e. The van der Waals surface area contributed by atoms with Gasteiger partial charge >= 0.3 is 5.97 Å². The first-order valence-electron chi connectivity index (χ1n) is 25.6. The van der Waals surface area contributed by atoms with Gasteiger partial charge in [0.25, 0.3) is 0 Å². The van der Waals surface area contributed by atoms with E-state index < -0.39 is 114 Å². The number of benzene rings is 3. The number of nitrogens with one attached hydrogen (secondary N) is 7. The lowest BCUT2D eigenvalue weighted by molar-refractivity contribution is -0.145. The van der Waals surface area contributed by atoms with Gasteiger partial charge in [0.05, 0.1) is 18.8 Å². The highest BCUT2D eigenvalue weighted by atomic mass is 16.4. The summed E-state index contributed by atoms with van der Waals surface area (Å²) in [5.74, 6) is -8.93. The molecular formula is C53H70N14O12. The number of nitrogens with two attached hydrogens (primary N) is 4. The average molecular weight is 1100 g/mol. The molecule has 424 valence electrons. The predicted octanol–water partition coefficient (Wildman–Crippen LogP) is -2.01. The molecule has 0 spiro atoms. The molecular weight excluding hydrogens is 1020 g/mol. The lowest BCUT2D eigenvalue weighted by atomic mass is 9.99. The number of H-pyrrole nitrogens is 1. The molecule has 8 amide bonds. The van der Waals surface area contributed by atoms with E-state index >= 15 is 0 Å². The summed E-state index contributed by atoms with van der Waals surface area (Å²) in [5, 5.41) is 46.1. The number of rotatable bonds is 29. The van der Waals surface area contributed by atoms with E-state index in [-0.39, 0.29) is 75.5 Å². The monoisotopic (exact) mass is 1090 g/mol. The molecule has 1 aliphatic rings. The van der Waals surface area contributed by atoms with Crippen molar-refractivity contribution in [2.75, 3.05) is 13.1 Å². The summed E-state index contributed by atoms with van der Waals surface area (Å²) in [6, 6.07) is 9.32. The molecule has 1 fully saturated rings. The Bertz CT molecular complexity index is 2760. The zero-order valence-electron chi connectivity index (χ0n) is 43.8. The number of guanidine groups is 1. The lowest BCUT2D eigenvalue weighted by Gasteiger charge is -2.31. The molecule has 1 aliphatic heterocycles. The number of hydrogen-bond donors (Lipinski definition) is 14. The van der Waals surface area contributed by atoms with Crippen molar-refractivity contribution in [2.45, 2.75) is 120 Å². The van der Waals surface area contributed by atoms with E-state index in [2.05, 4.69) is 46.9 Å². The summed E-state index contributed by atoms with van der Waals surface area (Å²) >= 11 is 0. The van der Waals surface area contributed by atoms with Gasteiger partial charge in [-0.25, -0.2) is 9.78 Å². The maximum Gasteiger partial charge on any atom is 0.326 e. The fourth-order valence-electron chi connectivity index (χ4n) is 8.75. The summed E-state index contributed by atoms with van der Waals surface area (Å²) in [6.07, 6.45) is 2.35. The summed E-state index contributed by atoms with van der Waals surface area (Å²) < 4.78 is 0. The van der Waals surface area contributed by atoms with Crippen molar-refractivity contribution in [1.82, 2.24) is 46.8 Å². The zero-order valence-corrected chi connectivity index (χ0v) is 43.8. The molecule has 3 aromatic carbocycles. The molecule has 0 unspecified atom stereocenters. The number of aliphatic carboxylic acids is 1. The van der Waals surface area contributed by atoms with Crippen LogP contribution in [0.2, 0.25) is 0 Å². The van der Waals surface area contributed by atoms with Crippen molar-refractivity contribution >= 4 is 59.2 Å². The van der Waals surface area contributed by atoms with Crippen LogP contribution in [0.5, 0.6) is 11.5 Å². The molecule has 18 N–H and O–H groups in total. The van der Waals surface area contributed by atoms with E-state index in [1.165, 1.54) is 66.0 Å². The number of likely N-dealkylation sites (tertiary alicyclic amines) is 1. The number of aliphatic imine (C=N–C) groups is 1. The van der Waals surface area contributed by atoms with Crippen molar-refractivity contribution < 1.29 is 58.5 Å². The normalized spacial score (nSPS) is 15.6. The van der Waals surface area contributed by atoms with Gasteiger partial charge in [0, 0.05) is 50.7 Å². The number of hydrogen-bond acceptors (Lipinski definition) is 14. The number of phenolic OH excluding ortho intramolecular Hbond substituents is 2. The minimum atomic E-state index is -1.50. The molecule has 26 nitrogen and oxygen atoms in total. The van der Waals surface area contributed by atoms with E-state index in [9.17, 15) is 58.5 Å². The minimum absolute atomic E-state index is 0.0216. The van der Waals surface area contributed by atoms with Gasteiger partial charge in [-0.2, -0.15) is 0 Å². The summed E-state index contributed by atoms with van der Waals surface area (Å²) in [4.78, 5) is 135. The molecule has 4 aromatic rings. The third-order valence-electron chi connectivity index (χ3n) is 12.9. The van der Waals surface area contributed by atoms with Gasteiger partial charge in [-0.1, -0.05) is 68.4 Å². The number of carbonyl (C=O) groups excluding carboxylic acids is 8. The molecule has 1 aromatic heterocycles. The molecule has 8 atom stereocenters. The maximum absolute atomic E-state index is 14.8. The first-order valence-corrected chi connectivity index (χ1v) is 25.6. The summed E-state index contributed by atoms with van der Waals surface area (Å²) in [7, 11) is 0. The Balaban J connectivity index is 1.42. The van der Waals surface area contributed by atoms with E-state index in [4.69, 9.17) is 22.9 Å². The number of carboxylic acid groups (broad SMARTS) is 1. The number of carbonyl (C=O) groups is 9. The van der Waals surface area contributed by atoms with Crippen molar-refractivity contribution in [3.8, 4) is 11.5 Å². The number of aromatic hydroxyl groups is 2. The Labute approximate surface area is 455 Å². The van der Waals surface area contributed by atoms with Gasteiger partial charge in [-0.05, 0) is 72.6 Å². The van der Waals surface area contributed by atoms with E-state index in [0.29, 0.717) is 28.8 Å². The lowest BCUT2D eigenvalue weighted by Crippen LogP contribution is -2.61. The van der Waals surface area contributed by atoms with Crippen LogP contribution in [-0.2, 0) is 68.8 Å². The smallest absolute Gasteiger partial charge is 0.326 e. The Hall–Kier alpha value is -9.07. The molecule has 0 bridgehead atoms. The number of imidazole rings is 1. The number of aromatic nitrogens is 2. The van der Waals surface area contributed by atoms with Crippen LogP contribution in [-0.4, -0.2) is 151 Å². The second kappa shape index (κ2) is 29.4. The number of phenols is 2. The van der Waals surface area contributed by atoms with Crippen LogP contribution in [0.3, 0.4) is 0 Å². The molecule has 5 rings (SSSR count). The van der Waals surface area contributed by atoms with Crippen LogP contribution in [0.4, 0.5) is 0 Å². The topological polar surface area (TPSA) is 435 Å². The number of primary amides is 1. The van der Waals surface area contributed by atoms with Crippen LogP contribution in [0, 0.1) is 5.92 Å². The van der Waals surface area contributed by atoms with E-state index in [0.717, 1.165) is 0 Å². The first-order chi connectivity index (χ1) is 37.6. The van der Waals surface area contributed by atoms with Crippen molar-refractivity contribution in [3.05, 3.63) is 114 Å². The van der Waals surface area contributed by atoms with Crippen molar-refractivity contribution in [1.29, 1.82) is 0 Å². The zero-order chi connectivity index (χ0) is 57.8. The fraction of sp³-hybridized carbons (Fsp3) is 0.415. The van der Waals surface area contributed by atoms with Gasteiger partial charge in [-0.15, -0.1) is 0 Å². The molecule has 26 heteroatoms. The van der Waals surface area contributed by atoms with Crippen LogP contribution >= 0.6 is 0 Å². The molecule has 2 heterocycles. The standard InChI is InChI=1S/C53H70N14O12/c1-29(2)44(66-46(72)37(10-6-20-59-53(56)57)61-45(71)36(54)26-43(55)70)50(76)63-39(23-32-14-18-35(69)19-15-32)47(73)62-38(22-31-12-16-34(68)17-13-31)48(74)64-40(25-33-27-58-28-60-33)51(77)67-21-7-11-42(67)49(75)65-41(52(78)79)24-30-8-4-3-5-9-30/h3-5,8-9,12-19,27-29,36-42,44,68-69H,6-7,10-11,20-26,54H2,1-2H3,(H2,55,70)(H,58,60)(H,61,71)(H,62,73)(H,63,76)(H,64,74)(H,65,75)(H,66,72)(H,78,79)(H4,56,57,59)/t36-,37-,38-,39-,40-,41-,42-,44-/m0/s1. The molecule has 1 saturated heterocycles. The van der Waals surface area contributed by atoms with Gasteiger partial charge in [-0.3, -0.25) is 43.3 Å². The van der Waals surface area contributed by atoms with Gasteiger partial charge in [0.2, 0.25) is 47.3 Å². The Morgan fingerprint density at radius 3 is 1.73 bits per heavy atom. The van der Waals surface area contributed by atoms with Crippen molar-refractivity contribution in [2.24, 2.45) is 33.8 Å². The number of carboxylic acids is 1. The second-order valence-electron chi connectivity index (χ2n) is 19.5. The SMILES string of the molecule is CC(C)[C@H](NC(=O)[C@H](CCCN=C(N)N)NC(=O)[C@@H](N)CC(N)=O)C(=O)N[C@@H](Cc1ccc(O)cc1)C(=O)N[C@@H](Cc1ccc(O)cc1)C(=O)N[C@@H](Cc1cnc[nH]1)C(=O)N1CCC[C@H]1C(=O)N[C@@H](Cc1ccccc1)C(=O)O. The molecule has 79 heavy (non-hydrogen) atoms. The minimum Gasteiger partial charge on any atom is -0.508 e. The van der Waals surface area contributed by atoms with Gasteiger partial charge in [0.1, 0.15) is 53.8 Å². The maximum atomic E-state index is 14.8. The number of aromatic amines is 1. The Morgan fingerprint density at radius 1 is 0.671 bits per heavy atom. The van der Waals surface area contributed by atoms with Crippen molar-refractivity contribution in [3.63, 3.8) is 0 Å². The van der Waals surface area contributed by atoms with E-state index in [1.807, 2.05) is 0 Å². The van der Waals surface area contributed by atoms with Crippen LogP contribution in [0.1, 0.15) is 68.3 Å². The molecule has 0 saturated carbocycles. The Morgan fingerprint density at radius 2 is 1.20 bits per heavy atom. The summed E-state index contributed by atoms with van der Waals surface area (Å²) in [6.45, 7) is 3.38. The predicted molar refractivity (Wildman–Crippen MR) is 287 cm³/mol. The molecule has 0 aliphatic carbocycles. The van der Waals surface area contributed by atoms with Gasteiger partial charge < -0.3 is 80.0 Å². The second-order valence-corrected chi connectivity index (χ2v) is 19.5. The summed E-state index contributed by atoms with van der Waals surface area (Å²) in [5.41, 5.74) is 24.0. The Kier molecular flexibility index (Phi) is 22.7. The molecule has 0 radical (unpaired) electrons. The fourth-order valence-corrected chi connectivity index (χ4v) is 8.75. The van der Waals surface area contributed by atoms with Gasteiger partial charge in [0.15, 0.2) is 5.96 Å². The third kappa shape index (κ3) is 19.2. The highest BCUT2D eigenvalue weighted by Gasteiger charge is 2.40. The average Bonchev–Trinajstić information content (AvgIpc) is 4.14.